The summed E-state index contributed by atoms with van der Waals surface area (Å²) in [6.07, 6.45) is 1.38. The van der Waals surface area contributed by atoms with Crippen LogP contribution in [0.5, 0.6) is 0 Å². The van der Waals surface area contributed by atoms with E-state index in [1.165, 1.54) is 17.3 Å². The van der Waals surface area contributed by atoms with E-state index < -0.39 is 0 Å². The van der Waals surface area contributed by atoms with Crippen molar-refractivity contribution in [2.45, 2.75) is 50.8 Å². The average Bonchev–Trinajstić information content (AvgIpc) is 3.33. The lowest BCUT2D eigenvalue weighted by Gasteiger charge is -2.17. The van der Waals surface area contributed by atoms with Crippen LogP contribution >= 0.6 is 11.8 Å². The molecule has 0 saturated carbocycles. The highest BCUT2D eigenvalue weighted by atomic mass is 32.2. The molecule has 5 rings (SSSR count). The number of rotatable bonds is 8. The van der Waals surface area contributed by atoms with Crippen LogP contribution in [0, 0.1) is 13.8 Å². The molecule has 2 heterocycles. The summed E-state index contributed by atoms with van der Waals surface area (Å²) in [6, 6.07) is 26.0. The maximum atomic E-state index is 13.5. The van der Waals surface area contributed by atoms with E-state index in [-0.39, 0.29) is 11.2 Å². The van der Waals surface area contributed by atoms with E-state index in [2.05, 4.69) is 25.2 Å². The average molecular weight is 522 g/mol. The molecule has 0 aliphatic heterocycles. The monoisotopic (exact) mass is 521 g/mol. The van der Waals surface area contributed by atoms with Gasteiger partial charge in [0, 0.05) is 11.3 Å². The van der Waals surface area contributed by atoms with Gasteiger partial charge in [-0.25, -0.2) is 14.6 Å². The van der Waals surface area contributed by atoms with Gasteiger partial charge in [0.15, 0.2) is 11.5 Å². The van der Waals surface area contributed by atoms with Crippen molar-refractivity contribution in [1.29, 1.82) is 0 Å². The van der Waals surface area contributed by atoms with Gasteiger partial charge >= 0.3 is 0 Å². The molecule has 0 bridgehead atoms. The summed E-state index contributed by atoms with van der Waals surface area (Å²) in [4.78, 5) is 23.5. The molecule has 1 atom stereocenters. The van der Waals surface area contributed by atoms with Crippen LogP contribution in [-0.4, -0.2) is 30.9 Å². The molecule has 38 heavy (non-hydrogen) atoms. The lowest BCUT2D eigenvalue weighted by atomic mass is 10.1. The van der Waals surface area contributed by atoms with Crippen molar-refractivity contribution in [2.75, 3.05) is 5.32 Å². The number of amides is 1. The highest BCUT2D eigenvalue weighted by molar-refractivity contribution is 8.00. The summed E-state index contributed by atoms with van der Waals surface area (Å²) in [5.74, 6) is 0.580. The Morgan fingerprint density at radius 2 is 1.66 bits per heavy atom. The van der Waals surface area contributed by atoms with Gasteiger partial charge in [0.05, 0.1) is 22.0 Å². The Bertz CT molecular complexity index is 1580. The standard InChI is InChI=1S/C31H31N5OS/c1-5-24-27-29(36(35-24)23-15-11-8-12-16-23)33-28(22-13-9-7-10-14-22)34-31(27)38-26(6-2)30(37)32-25-18-17-20(3)19-21(25)4/h7-19,26H,5-6H2,1-4H3,(H,32,37)/t26-/m1/s1. The highest BCUT2D eigenvalue weighted by Gasteiger charge is 2.25. The number of aromatic nitrogens is 4. The molecule has 192 valence electrons. The minimum atomic E-state index is -0.331. The van der Waals surface area contributed by atoms with E-state index >= 15 is 0 Å². The van der Waals surface area contributed by atoms with Crippen molar-refractivity contribution in [2.24, 2.45) is 0 Å². The van der Waals surface area contributed by atoms with Gasteiger partial charge in [-0.05, 0) is 50.5 Å². The summed E-state index contributed by atoms with van der Waals surface area (Å²) >= 11 is 1.48. The number of fused-ring (bicyclic) bond motifs is 1. The highest BCUT2D eigenvalue weighted by Crippen LogP contribution is 2.35. The molecule has 0 unspecified atom stereocenters. The van der Waals surface area contributed by atoms with Gasteiger partial charge < -0.3 is 5.32 Å². The first kappa shape index (κ1) is 25.7. The Balaban J connectivity index is 1.61. The number of carbonyl (C=O) groups excluding carboxylic acids is 1. The minimum Gasteiger partial charge on any atom is -0.325 e. The fourth-order valence-electron chi connectivity index (χ4n) is 4.48. The predicted octanol–water partition coefficient (Wildman–Crippen LogP) is 7.17. The van der Waals surface area contributed by atoms with E-state index in [0.29, 0.717) is 12.2 Å². The molecule has 1 amide bonds. The van der Waals surface area contributed by atoms with E-state index in [4.69, 9.17) is 15.1 Å². The summed E-state index contributed by atoms with van der Waals surface area (Å²) in [6.45, 7) is 8.18. The van der Waals surface area contributed by atoms with Gasteiger partial charge in [0.1, 0.15) is 5.03 Å². The van der Waals surface area contributed by atoms with Crippen molar-refractivity contribution in [1.82, 2.24) is 19.7 Å². The van der Waals surface area contributed by atoms with Crippen LogP contribution in [0.25, 0.3) is 28.1 Å². The number of hydrogen-bond donors (Lipinski definition) is 1. The van der Waals surface area contributed by atoms with E-state index in [1.807, 2.05) is 91.3 Å². The number of carbonyl (C=O) groups is 1. The van der Waals surface area contributed by atoms with Crippen LogP contribution in [0.3, 0.4) is 0 Å². The molecule has 0 saturated heterocycles. The van der Waals surface area contributed by atoms with Gasteiger partial charge in [-0.1, -0.05) is 91.8 Å². The van der Waals surface area contributed by atoms with Gasteiger partial charge in [0.25, 0.3) is 0 Å². The zero-order valence-electron chi connectivity index (χ0n) is 22.1. The molecule has 0 spiro atoms. The predicted molar refractivity (Wildman–Crippen MR) is 156 cm³/mol. The lowest BCUT2D eigenvalue weighted by Crippen LogP contribution is -2.25. The number of nitrogens with zero attached hydrogens (tertiary/aromatic N) is 4. The molecular formula is C31H31N5OS. The summed E-state index contributed by atoms with van der Waals surface area (Å²) < 4.78 is 1.89. The smallest absolute Gasteiger partial charge is 0.237 e. The number of para-hydroxylation sites is 1. The van der Waals surface area contributed by atoms with Gasteiger partial charge in [0.2, 0.25) is 5.91 Å². The van der Waals surface area contributed by atoms with E-state index in [0.717, 1.165) is 50.7 Å². The van der Waals surface area contributed by atoms with Crippen LogP contribution in [0.4, 0.5) is 5.69 Å². The molecular weight excluding hydrogens is 490 g/mol. The van der Waals surface area contributed by atoms with Crippen LogP contribution in [0.2, 0.25) is 0 Å². The Hall–Kier alpha value is -3.97. The molecule has 2 aromatic heterocycles. The Kier molecular flexibility index (Phi) is 7.56. The minimum absolute atomic E-state index is 0.0361. The van der Waals surface area contributed by atoms with Crippen LogP contribution in [0.15, 0.2) is 83.9 Å². The Morgan fingerprint density at radius 1 is 0.947 bits per heavy atom. The first-order valence-electron chi connectivity index (χ1n) is 12.9. The number of nitrogens with one attached hydrogen (secondary N) is 1. The number of hydrogen-bond acceptors (Lipinski definition) is 5. The van der Waals surface area contributed by atoms with Crippen molar-refractivity contribution in [3.05, 3.63) is 95.7 Å². The SMILES string of the molecule is CCc1nn(-c2ccccc2)c2nc(-c3ccccc3)nc(S[C@H](CC)C(=O)Nc3ccc(C)cc3C)c12. The zero-order valence-corrected chi connectivity index (χ0v) is 22.9. The van der Waals surface area contributed by atoms with Gasteiger partial charge in [-0.15, -0.1) is 0 Å². The van der Waals surface area contributed by atoms with E-state index in [1.54, 1.807) is 0 Å². The maximum Gasteiger partial charge on any atom is 0.237 e. The van der Waals surface area contributed by atoms with Crippen LogP contribution in [0.1, 0.15) is 37.1 Å². The van der Waals surface area contributed by atoms with Crippen molar-refractivity contribution >= 4 is 34.4 Å². The molecule has 1 N–H and O–H groups in total. The Labute approximate surface area is 227 Å². The fraction of sp³-hybridized carbons (Fsp3) is 0.226. The first-order valence-corrected chi connectivity index (χ1v) is 13.8. The summed E-state index contributed by atoms with van der Waals surface area (Å²) in [5.41, 5.74) is 6.56. The number of anilines is 1. The number of aryl methyl sites for hydroxylation is 3. The summed E-state index contributed by atoms with van der Waals surface area (Å²) in [5, 5.41) is 9.42. The molecule has 3 aromatic carbocycles. The van der Waals surface area contributed by atoms with Crippen LogP contribution < -0.4 is 5.32 Å². The largest absolute Gasteiger partial charge is 0.325 e. The quantitative estimate of drug-likeness (QED) is 0.173. The molecule has 0 radical (unpaired) electrons. The third-order valence-electron chi connectivity index (χ3n) is 6.49. The van der Waals surface area contributed by atoms with Crippen molar-refractivity contribution < 1.29 is 4.79 Å². The maximum absolute atomic E-state index is 13.5. The van der Waals surface area contributed by atoms with Crippen molar-refractivity contribution in [3.8, 4) is 17.1 Å². The normalized spacial score (nSPS) is 12.0. The second-order valence-corrected chi connectivity index (χ2v) is 10.5. The Morgan fingerprint density at radius 3 is 2.32 bits per heavy atom. The second kappa shape index (κ2) is 11.2. The molecule has 7 heteroatoms. The molecule has 6 nitrogen and oxygen atoms in total. The number of benzene rings is 3. The molecule has 0 fully saturated rings. The van der Waals surface area contributed by atoms with Crippen molar-refractivity contribution in [3.63, 3.8) is 0 Å². The molecule has 0 aliphatic rings. The van der Waals surface area contributed by atoms with Crippen LogP contribution in [-0.2, 0) is 11.2 Å². The van der Waals surface area contributed by atoms with Gasteiger partial charge in [-0.3, -0.25) is 4.79 Å². The molecule has 5 aromatic rings. The third kappa shape index (κ3) is 5.20. The topological polar surface area (TPSA) is 72.7 Å². The van der Waals surface area contributed by atoms with E-state index in [9.17, 15) is 4.79 Å². The number of thioether (sulfide) groups is 1. The summed E-state index contributed by atoms with van der Waals surface area (Å²) in [7, 11) is 0. The lowest BCUT2D eigenvalue weighted by molar-refractivity contribution is -0.115. The van der Waals surface area contributed by atoms with Gasteiger partial charge in [-0.2, -0.15) is 5.10 Å². The zero-order chi connectivity index (χ0) is 26.6. The fourth-order valence-corrected chi connectivity index (χ4v) is 5.54. The molecule has 0 aliphatic carbocycles. The second-order valence-electron chi connectivity index (χ2n) is 9.29. The first-order chi connectivity index (χ1) is 18.5. The third-order valence-corrected chi connectivity index (χ3v) is 7.84.